The molecule has 0 radical (unpaired) electrons. The van der Waals surface area contributed by atoms with Crippen LogP contribution in [0, 0.1) is 0 Å². The topological polar surface area (TPSA) is 41.9 Å². The zero-order chi connectivity index (χ0) is 14.0. The summed E-state index contributed by atoms with van der Waals surface area (Å²) in [6, 6.07) is 0.508. The zero-order valence-electron chi connectivity index (χ0n) is 12.7. The molecule has 0 aliphatic heterocycles. The third kappa shape index (κ3) is 8.03. The van der Waals surface area contributed by atoms with Gasteiger partial charge in [0.2, 0.25) is 0 Å². The van der Waals surface area contributed by atoms with E-state index in [4.69, 9.17) is 9.47 Å². The summed E-state index contributed by atoms with van der Waals surface area (Å²) in [6.07, 6.45) is 1.93. The first-order valence-corrected chi connectivity index (χ1v) is 7.07. The molecule has 4 nitrogen and oxygen atoms in total. The van der Waals surface area contributed by atoms with E-state index in [1.807, 2.05) is 13.8 Å². The van der Waals surface area contributed by atoms with Gasteiger partial charge < -0.3 is 14.6 Å². The van der Waals surface area contributed by atoms with Crippen LogP contribution >= 0.6 is 0 Å². The molecular weight excluding hydrogens is 230 g/mol. The minimum absolute atomic E-state index is 0.167. The van der Waals surface area contributed by atoms with Gasteiger partial charge >= 0.3 is 0 Å². The van der Waals surface area contributed by atoms with E-state index in [1.165, 1.54) is 0 Å². The first-order chi connectivity index (χ1) is 8.54. The lowest BCUT2D eigenvalue weighted by Crippen LogP contribution is -2.43. The van der Waals surface area contributed by atoms with Crippen LogP contribution in [0.1, 0.15) is 40.5 Å². The molecule has 0 bridgehead atoms. The summed E-state index contributed by atoms with van der Waals surface area (Å²) in [5.74, 6) is 0. The van der Waals surface area contributed by atoms with Gasteiger partial charge in [-0.2, -0.15) is 0 Å². The van der Waals surface area contributed by atoms with Crippen LogP contribution in [0.5, 0.6) is 0 Å². The van der Waals surface area contributed by atoms with Crippen molar-refractivity contribution in [1.29, 1.82) is 0 Å². The second kappa shape index (κ2) is 10.7. The Hall–Kier alpha value is -0.160. The second-order valence-corrected chi connectivity index (χ2v) is 4.99. The van der Waals surface area contributed by atoms with Crippen LogP contribution in [0.15, 0.2) is 0 Å². The fraction of sp³-hybridized carbons (Fsp3) is 1.00. The van der Waals surface area contributed by atoms with Crippen molar-refractivity contribution < 1.29 is 14.6 Å². The Bertz CT molecular complexity index is 184. The molecule has 1 atom stereocenters. The third-order valence-corrected chi connectivity index (χ3v) is 3.11. The minimum atomic E-state index is -0.426. The average Bonchev–Trinajstić information content (AvgIpc) is 2.34. The molecule has 0 spiro atoms. The largest absolute Gasteiger partial charge is 0.389 e. The molecule has 0 saturated heterocycles. The number of ether oxygens (including phenoxy) is 2. The number of hydrogen-bond acceptors (Lipinski definition) is 4. The van der Waals surface area contributed by atoms with Crippen molar-refractivity contribution in [1.82, 2.24) is 4.90 Å². The molecule has 0 aromatic rings. The van der Waals surface area contributed by atoms with Gasteiger partial charge in [-0.25, -0.2) is 0 Å². The average molecular weight is 261 g/mol. The van der Waals surface area contributed by atoms with E-state index in [0.717, 1.165) is 19.4 Å². The van der Waals surface area contributed by atoms with Crippen molar-refractivity contribution >= 4 is 0 Å². The number of rotatable bonds is 11. The molecular formula is C14H31NO3. The van der Waals surface area contributed by atoms with Crippen molar-refractivity contribution in [2.24, 2.45) is 0 Å². The third-order valence-electron chi connectivity index (χ3n) is 3.11. The molecule has 0 aliphatic rings. The minimum Gasteiger partial charge on any atom is -0.389 e. The van der Waals surface area contributed by atoms with Gasteiger partial charge in [0.05, 0.1) is 25.4 Å². The SMILES string of the molecule is CCC(CC)N(CCOC)CC(O)COC(C)C. The Morgan fingerprint density at radius 3 is 2.22 bits per heavy atom. The van der Waals surface area contributed by atoms with Crippen LogP contribution in [-0.2, 0) is 9.47 Å². The number of methoxy groups -OCH3 is 1. The molecule has 0 rings (SSSR count). The molecule has 0 saturated carbocycles. The molecule has 1 unspecified atom stereocenters. The fourth-order valence-corrected chi connectivity index (χ4v) is 2.06. The molecule has 1 N–H and O–H groups in total. The van der Waals surface area contributed by atoms with Gasteiger partial charge in [-0.15, -0.1) is 0 Å². The molecule has 0 fully saturated rings. The highest BCUT2D eigenvalue weighted by atomic mass is 16.5. The van der Waals surface area contributed by atoms with Crippen LogP contribution in [0.3, 0.4) is 0 Å². The maximum absolute atomic E-state index is 10.0. The van der Waals surface area contributed by atoms with E-state index in [0.29, 0.717) is 25.8 Å². The number of aliphatic hydroxyl groups excluding tert-OH is 1. The van der Waals surface area contributed by atoms with Gasteiger partial charge in [0.1, 0.15) is 0 Å². The highest BCUT2D eigenvalue weighted by Crippen LogP contribution is 2.09. The summed E-state index contributed by atoms with van der Waals surface area (Å²) in [5, 5.41) is 10.0. The zero-order valence-corrected chi connectivity index (χ0v) is 12.7. The molecule has 0 heterocycles. The Kier molecular flexibility index (Phi) is 10.6. The van der Waals surface area contributed by atoms with Gasteiger partial charge in [0.15, 0.2) is 0 Å². The second-order valence-electron chi connectivity index (χ2n) is 4.99. The van der Waals surface area contributed by atoms with Crippen molar-refractivity contribution in [3.8, 4) is 0 Å². The van der Waals surface area contributed by atoms with Gasteiger partial charge in [0.25, 0.3) is 0 Å². The van der Waals surface area contributed by atoms with Crippen LogP contribution < -0.4 is 0 Å². The highest BCUT2D eigenvalue weighted by molar-refractivity contribution is 4.72. The summed E-state index contributed by atoms with van der Waals surface area (Å²) in [6.45, 7) is 11.0. The normalized spacial score (nSPS) is 13.8. The summed E-state index contributed by atoms with van der Waals surface area (Å²) < 4.78 is 10.6. The predicted octanol–water partition coefficient (Wildman–Crippen LogP) is 1.91. The Labute approximate surface area is 112 Å². The van der Waals surface area contributed by atoms with Crippen molar-refractivity contribution in [2.45, 2.75) is 58.8 Å². The Morgan fingerprint density at radius 1 is 1.17 bits per heavy atom. The summed E-state index contributed by atoms with van der Waals surface area (Å²) >= 11 is 0. The van der Waals surface area contributed by atoms with Crippen molar-refractivity contribution in [3.63, 3.8) is 0 Å². The lowest BCUT2D eigenvalue weighted by molar-refractivity contribution is -0.0182. The quantitative estimate of drug-likeness (QED) is 0.617. The van der Waals surface area contributed by atoms with Crippen LogP contribution in [-0.4, -0.2) is 61.7 Å². The van der Waals surface area contributed by atoms with Crippen LogP contribution in [0.2, 0.25) is 0 Å². The van der Waals surface area contributed by atoms with E-state index in [9.17, 15) is 5.11 Å². The summed E-state index contributed by atoms with van der Waals surface area (Å²) in [7, 11) is 1.71. The Balaban J connectivity index is 4.19. The number of hydrogen-bond donors (Lipinski definition) is 1. The number of nitrogens with zero attached hydrogens (tertiary/aromatic N) is 1. The van der Waals surface area contributed by atoms with E-state index in [2.05, 4.69) is 18.7 Å². The van der Waals surface area contributed by atoms with Gasteiger partial charge in [-0.3, -0.25) is 4.90 Å². The molecule has 0 aromatic carbocycles. The first kappa shape index (κ1) is 17.8. The van der Waals surface area contributed by atoms with Gasteiger partial charge in [-0.1, -0.05) is 13.8 Å². The molecule has 110 valence electrons. The van der Waals surface area contributed by atoms with Gasteiger partial charge in [-0.05, 0) is 26.7 Å². The molecule has 0 amide bonds. The summed E-state index contributed by atoms with van der Waals surface area (Å²) in [5.41, 5.74) is 0. The standard InChI is InChI=1S/C14H31NO3/c1-6-13(7-2)15(8-9-17-5)10-14(16)11-18-12(3)4/h12-14,16H,6-11H2,1-5H3. The van der Waals surface area contributed by atoms with E-state index in [1.54, 1.807) is 7.11 Å². The molecule has 0 aliphatic carbocycles. The first-order valence-electron chi connectivity index (χ1n) is 7.07. The van der Waals surface area contributed by atoms with Gasteiger partial charge in [0, 0.05) is 26.2 Å². The van der Waals surface area contributed by atoms with E-state index >= 15 is 0 Å². The molecule has 4 heteroatoms. The summed E-state index contributed by atoms with van der Waals surface area (Å²) in [4.78, 5) is 2.30. The predicted molar refractivity (Wildman–Crippen MR) is 74.9 cm³/mol. The lowest BCUT2D eigenvalue weighted by Gasteiger charge is -2.32. The van der Waals surface area contributed by atoms with Crippen molar-refractivity contribution in [2.75, 3.05) is 33.4 Å². The fourth-order valence-electron chi connectivity index (χ4n) is 2.06. The van der Waals surface area contributed by atoms with E-state index < -0.39 is 6.10 Å². The van der Waals surface area contributed by atoms with Crippen molar-refractivity contribution in [3.05, 3.63) is 0 Å². The molecule has 18 heavy (non-hydrogen) atoms. The molecule has 0 aromatic heterocycles. The van der Waals surface area contributed by atoms with Crippen LogP contribution in [0.25, 0.3) is 0 Å². The maximum atomic E-state index is 10.0. The number of aliphatic hydroxyl groups is 1. The monoisotopic (exact) mass is 261 g/mol. The lowest BCUT2D eigenvalue weighted by atomic mass is 10.1. The Morgan fingerprint density at radius 2 is 1.78 bits per heavy atom. The smallest absolute Gasteiger partial charge is 0.0900 e. The maximum Gasteiger partial charge on any atom is 0.0900 e. The highest BCUT2D eigenvalue weighted by Gasteiger charge is 2.18. The van der Waals surface area contributed by atoms with Crippen LogP contribution in [0.4, 0.5) is 0 Å². The van der Waals surface area contributed by atoms with E-state index in [-0.39, 0.29) is 6.10 Å².